The number of rotatable bonds is 6. The van der Waals surface area contributed by atoms with Gasteiger partial charge in [-0.3, -0.25) is 14.4 Å². The highest BCUT2D eigenvalue weighted by Crippen LogP contribution is 1.91. The summed E-state index contributed by atoms with van der Waals surface area (Å²) < 4.78 is 4.44. The molecule has 0 aromatic carbocycles. The summed E-state index contributed by atoms with van der Waals surface area (Å²) in [7, 11) is 5.92. The molecule has 0 fully saturated rings. The van der Waals surface area contributed by atoms with E-state index in [2.05, 4.69) is 10.1 Å². The molecule has 0 saturated carbocycles. The second-order valence-corrected chi connectivity index (χ2v) is 3.61. The number of hydrogen-bond donors (Lipinski definition) is 1. The number of likely N-dealkylation sites (N-methyl/N-ethyl adjacent to an activating group) is 3. The minimum absolute atomic E-state index is 0.0615. The van der Waals surface area contributed by atoms with Crippen molar-refractivity contribution in [3.05, 3.63) is 0 Å². The lowest BCUT2D eigenvalue weighted by Gasteiger charge is -2.21. The molecule has 7 heteroatoms. The van der Waals surface area contributed by atoms with E-state index in [1.807, 2.05) is 0 Å². The maximum atomic E-state index is 11.6. The SMILES string of the molecule is CNCC(=O)N(C)CC(=O)N(C)CC(=O)OC. The average Bonchev–Trinajstić information content (AvgIpc) is 2.28. The van der Waals surface area contributed by atoms with E-state index >= 15 is 0 Å². The molecular formula is C10H19N3O4. The molecule has 0 aromatic rings. The molecule has 7 nitrogen and oxygen atoms in total. The topological polar surface area (TPSA) is 79.0 Å². The maximum absolute atomic E-state index is 11.6. The molecule has 0 bridgehead atoms. The normalized spacial score (nSPS) is 9.65. The Morgan fingerprint density at radius 1 is 1.06 bits per heavy atom. The summed E-state index contributed by atoms with van der Waals surface area (Å²) in [5, 5.41) is 2.70. The maximum Gasteiger partial charge on any atom is 0.325 e. The molecule has 0 radical (unpaired) electrons. The highest BCUT2D eigenvalue weighted by atomic mass is 16.5. The van der Waals surface area contributed by atoms with Crippen LogP contribution in [0.15, 0.2) is 0 Å². The molecule has 2 amide bonds. The van der Waals surface area contributed by atoms with Gasteiger partial charge in [-0.05, 0) is 7.05 Å². The first-order valence-electron chi connectivity index (χ1n) is 5.11. The zero-order valence-corrected chi connectivity index (χ0v) is 10.6. The smallest absolute Gasteiger partial charge is 0.325 e. The van der Waals surface area contributed by atoms with Gasteiger partial charge in [-0.2, -0.15) is 0 Å². The first-order valence-corrected chi connectivity index (χ1v) is 5.11. The molecule has 0 heterocycles. The molecule has 0 saturated heterocycles. The Morgan fingerprint density at radius 2 is 1.59 bits per heavy atom. The van der Waals surface area contributed by atoms with E-state index in [9.17, 15) is 14.4 Å². The van der Waals surface area contributed by atoms with Crippen LogP contribution in [0.5, 0.6) is 0 Å². The predicted octanol–water partition coefficient (Wildman–Crippen LogP) is -1.70. The second kappa shape index (κ2) is 7.61. The third-order valence-corrected chi connectivity index (χ3v) is 2.15. The van der Waals surface area contributed by atoms with Gasteiger partial charge in [0, 0.05) is 14.1 Å². The second-order valence-electron chi connectivity index (χ2n) is 3.61. The van der Waals surface area contributed by atoms with Crippen LogP contribution in [0.25, 0.3) is 0 Å². The van der Waals surface area contributed by atoms with Gasteiger partial charge in [0.15, 0.2) is 0 Å². The van der Waals surface area contributed by atoms with Crippen LogP contribution < -0.4 is 5.32 Å². The van der Waals surface area contributed by atoms with Gasteiger partial charge in [-0.25, -0.2) is 0 Å². The number of amides is 2. The van der Waals surface area contributed by atoms with E-state index in [0.717, 1.165) is 0 Å². The summed E-state index contributed by atoms with van der Waals surface area (Å²) in [6.45, 7) is -0.0120. The van der Waals surface area contributed by atoms with E-state index in [-0.39, 0.29) is 31.4 Å². The van der Waals surface area contributed by atoms with Gasteiger partial charge in [-0.15, -0.1) is 0 Å². The number of carbonyl (C=O) groups is 3. The number of hydrogen-bond acceptors (Lipinski definition) is 5. The molecule has 0 unspecified atom stereocenters. The highest BCUT2D eigenvalue weighted by Gasteiger charge is 2.17. The molecule has 0 spiro atoms. The standard InChI is InChI=1S/C10H19N3O4/c1-11-5-8(14)12(2)6-9(15)13(3)7-10(16)17-4/h11H,5-7H2,1-4H3. The molecule has 0 aliphatic carbocycles. The Hall–Kier alpha value is -1.63. The van der Waals surface area contributed by atoms with Gasteiger partial charge in [0.2, 0.25) is 11.8 Å². The molecule has 98 valence electrons. The number of nitrogens with one attached hydrogen (secondary N) is 1. The number of methoxy groups -OCH3 is 1. The minimum Gasteiger partial charge on any atom is -0.468 e. The molecule has 1 N–H and O–H groups in total. The summed E-state index contributed by atoms with van der Waals surface area (Å²) in [6, 6.07) is 0. The molecule has 0 rings (SSSR count). The van der Waals surface area contributed by atoms with Crippen LogP contribution in [0.2, 0.25) is 0 Å². The van der Waals surface area contributed by atoms with Gasteiger partial charge < -0.3 is 19.9 Å². The predicted molar refractivity (Wildman–Crippen MR) is 61.2 cm³/mol. The van der Waals surface area contributed by atoms with Crippen LogP contribution in [0.1, 0.15) is 0 Å². The zero-order chi connectivity index (χ0) is 13.4. The lowest BCUT2D eigenvalue weighted by molar-refractivity contribution is -0.147. The number of esters is 1. The van der Waals surface area contributed by atoms with Crippen LogP contribution in [-0.4, -0.2) is 75.5 Å². The fourth-order valence-electron chi connectivity index (χ4n) is 1.04. The average molecular weight is 245 g/mol. The molecule has 0 aromatic heterocycles. The third kappa shape index (κ3) is 5.86. The van der Waals surface area contributed by atoms with E-state index in [1.54, 1.807) is 7.05 Å². The van der Waals surface area contributed by atoms with Crippen molar-refractivity contribution in [1.82, 2.24) is 15.1 Å². The van der Waals surface area contributed by atoms with Gasteiger partial charge in [0.25, 0.3) is 0 Å². The van der Waals surface area contributed by atoms with Gasteiger partial charge in [-0.1, -0.05) is 0 Å². The Labute approximate surface area is 101 Å². The van der Waals surface area contributed by atoms with E-state index in [0.29, 0.717) is 0 Å². The van der Waals surface area contributed by atoms with Gasteiger partial charge in [0.05, 0.1) is 20.2 Å². The molecule has 17 heavy (non-hydrogen) atoms. The van der Waals surface area contributed by atoms with Crippen LogP contribution in [0.3, 0.4) is 0 Å². The van der Waals surface area contributed by atoms with E-state index in [4.69, 9.17) is 0 Å². The zero-order valence-electron chi connectivity index (χ0n) is 10.6. The first-order chi connectivity index (χ1) is 7.92. The highest BCUT2D eigenvalue weighted by molar-refractivity contribution is 5.87. The van der Waals surface area contributed by atoms with Crippen LogP contribution in [-0.2, 0) is 19.1 Å². The van der Waals surface area contributed by atoms with Crippen molar-refractivity contribution in [3.63, 3.8) is 0 Å². The van der Waals surface area contributed by atoms with Crippen molar-refractivity contribution in [2.45, 2.75) is 0 Å². The van der Waals surface area contributed by atoms with Crippen molar-refractivity contribution >= 4 is 17.8 Å². The van der Waals surface area contributed by atoms with Gasteiger partial charge >= 0.3 is 5.97 Å². The van der Waals surface area contributed by atoms with E-state index < -0.39 is 5.97 Å². The first kappa shape index (κ1) is 15.4. The number of ether oxygens (including phenoxy) is 1. The fraction of sp³-hybridized carbons (Fsp3) is 0.700. The Kier molecular flexibility index (Phi) is 6.88. The molecule has 0 aliphatic heterocycles. The van der Waals surface area contributed by atoms with Crippen molar-refractivity contribution in [2.75, 3.05) is 47.9 Å². The number of carbonyl (C=O) groups excluding carboxylic acids is 3. The van der Waals surface area contributed by atoms with Crippen LogP contribution in [0.4, 0.5) is 0 Å². The Morgan fingerprint density at radius 3 is 2.06 bits per heavy atom. The lowest BCUT2D eigenvalue weighted by Crippen LogP contribution is -2.43. The Balaban J connectivity index is 4.15. The molecular weight excluding hydrogens is 226 g/mol. The fourth-order valence-corrected chi connectivity index (χ4v) is 1.04. The van der Waals surface area contributed by atoms with Crippen molar-refractivity contribution < 1.29 is 19.1 Å². The number of nitrogens with zero attached hydrogens (tertiary/aromatic N) is 2. The monoisotopic (exact) mass is 245 g/mol. The summed E-state index contributed by atoms with van der Waals surface area (Å²) in [5.41, 5.74) is 0. The van der Waals surface area contributed by atoms with Gasteiger partial charge in [0.1, 0.15) is 6.54 Å². The molecule has 0 aliphatic rings. The summed E-state index contributed by atoms with van der Waals surface area (Å²) in [5.74, 6) is -1.00. The quantitative estimate of drug-likeness (QED) is 0.564. The van der Waals surface area contributed by atoms with Crippen molar-refractivity contribution in [2.24, 2.45) is 0 Å². The summed E-state index contributed by atoms with van der Waals surface area (Å²) in [6.07, 6.45) is 0. The van der Waals surface area contributed by atoms with Crippen LogP contribution >= 0.6 is 0 Å². The summed E-state index contributed by atoms with van der Waals surface area (Å²) in [4.78, 5) is 36.5. The largest absolute Gasteiger partial charge is 0.468 e. The minimum atomic E-state index is -0.495. The summed E-state index contributed by atoms with van der Waals surface area (Å²) >= 11 is 0. The van der Waals surface area contributed by atoms with Crippen LogP contribution in [0, 0.1) is 0 Å². The van der Waals surface area contributed by atoms with Crippen molar-refractivity contribution in [1.29, 1.82) is 0 Å². The Bertz CT molecular complexity index is 293. The molecule has 0 atom stereocenters. The van der Waals surface area contributed by atoms with Crippen molar-refractivity contribution in [3.8, 4) is 0 Å². The van der Waals surface area contributed by atoms with E-state index in [1.165, 1.54) is 31.0 Å². The lowest BCUT2D eigenvalue weighted by atomic mass is 10.4. The third-order valence-electron chi connectivity index (χ3n) is 2.15.